The summed E-state index contributed by atoms with van der Waals surface area (Å²) in [5, 5.41) is 17.5. The third-order valence-corrected chi connectivity index (χ3v) is 13.0. The first kappa shape index (κ1) is 46.9. The highest BCUT2D eigenvalue weighted by Crippen LogP contribution is 2.37. The number of ether oxygens (including phenoxy) is 2. The fraction of sp³-hybridized carbons (Fsp3) is 0.360. The third kappa shape index (κ3) is 11.7. The molecule has 2 aromatic heterocycles. The molecule has 2 fully saturated rings. The van der Waals surface area contributed by atoms with Crippen molar-refractivity contribution < 1.29 is 35.4 Å². The summed E-state index contributed by atoms with van der Waals surface area (Å²) in [7, 11) is -3.87. The van der Waals surface area contributed by atoms with Crippen LogP contribution in [-0.2, 0) is 20.2 Å². The van der Waals surface area contributed by atoms with Gasteiger partial charge in [-0.2, -0.15) is 16.8 Å². The SMILES string of the molecule is COc1ccc2[nH]c3ccc4ccc(NCCN5CCC(C6CCN(CCNc7ccc8ccc9[nH]c%10ccc(OC)cc%10c9c8c7)CC6)CC5)cc4c3c2c1.CS(=O)(=O)O.CS(=O)(=O)O. The lowest BCUT2D eigenvalue weighted by molar-refractivity contribution is 0.0996. The van der Waals surface area contributed by atoms with E-state index in [1.54, 1.807) is 14.2 Å². The molecule has 16 heteroatoms. The molecule has 10 rings (SSSR count). The summed E-state index contributed by atoms with van der Waals surface area (Å²) >= 11 is 0. The molecule has 2 aliphatic heterocycles. The zero-order chi connectivity index (χ0) is 46.6. The molecule has 350 valence electrons. The Labute approximate surface area is 386 Å². The molecule has 2 saturated heterocycles. The van der Waals surface area contributed by atoms with Gasteiger partial charge in [-0.05, 0) is 158 Å². The Kier molecular flexibility index (Phi) is 14.3. The molecule has 0 spiro atoms. The van der Waals surface area contributed by atoms with Crippen LogP contribution in [0, 0.1) is 11.8 Å². The molecule has 14 nitrogen and oxygen atoms in total. The van der Waals surface area contributed by atoms with Gasteiger partial charge in [0.1, 0.15) is 11.5 Å². The van der Waals surface area contributed by atoms with Crippen LogP contribution in [0.3, 0.4) is 0 Å². The van der Waals surface area contributed by atoms with Crippen LogP contribution in [0.25, 0.3) is 65.2 Å². The van der Waals surface area contributed by atoms with E-state index in [0.29, 0.717) is 12.5 Å². The minimum Gasteiger partial charge on any atom is -0.497 e. The van der Waals surface area contributed by atoms with E-state index < -0.39 is 20.2 Å². The largest absolute Gasteiger partial charge is 0.497 e. The smallest absolute Gasteiger partial charge is 0.261 e. The molecule has 0 bridgehead atoms. The summed E-state index contributed by atoms with van der Waals surface area (Å²) in [6, 6.07) is 34.9. The second-order valence-corrected chi connectivity index (χ2v) is 20.5. The highest BCUT2D eigenvalue weighted by molar-refractivity contribution is 7.85. The van der Waals surface area contributed by atoms with Crippen LogP contribution in [0.2, 0.25) is 0 Å². The van der Waals surface area contributed by atoms with Gasteiger partial charge in [-0.1, -0.05) is 24.3 Å². The topological polar surface area (TPSA) is 189 Å². The molecule has 0 saturated carbocycles. The molecule has 2 aliphatic rings. The Morgan fingerprint density at radius 1 is 0.530 bits per heavy atom. The lowest BCUT2D eigenvalue weighted by Gasteiger charge is -2.40. The van der Waals surface area contributed by atoms with Gasteiger partial charge in [0, 0.05) is 81.2 Å². The molecular formula is C50H60N6O8S2. The molecule has 0 atom stereocenters. The van der Waals surface area contributed by atoms with Crippen LogP contribution in [0.1, 0.15) is 25.7 Å². The zero-order valence-electron chi connectivity index (χ0n) is 37.9. The first-order valence-corrected chi connectivity index (χ1v) is 26.1. The van der Waals surface area contributed by atoms with Gasteiger partial charge in [0.2, 0.25) is 0 Å². The maximum Gasteiger partial charge on any atom is 0.261 e. The van der Waals surface area contributed by atoms with E-state index in [-0.39, 0.29) is 0 Å². The summed E-state index contributed by atoms with van der Waals surface area (Å²) in [6.45, 7) is 8.97. The predicted molar refractivity (Wildman–Crippen MR) is 270 cm³/mol. The fourth-order valence-electron chi connectivity index (χ4n) is 9.88. The summed E-state index contributed by atoms with van der Waals surface area (Å²) in [5.41, 5.74) is 6.97. The maximum absolute atomic E-state index is 9.19. The van der Waals surface area contributed by atoms with Crippen molar-refractivity contribution in [2.75, 3.05) is 89.7 Å². The molecule has 8 aromatic rings. The van der Waals surface area contributed by atoms with E-state index in [1.807, 2.05) is 12.1 Å². The average Bonchev–Trinajstić information content (AvgIpc) is 3.86. The molecule has 6 aromatic carbocycles. The highest BCUT2D eigenvalue weighted by atomic mass is 32.2. The number of aromatic nitrogens is 2. The van der Waals surface area contributed by atoms with E-state index in [0.717, 1.165) is 71.6 Å². The molecule has 0 unspecified atom stereocenters. The monoisotopic (exact) mass is 936 g/mol. The minimum atomic E-state index is -3.67. The van der Waals surface area contributed by atoms with E-state index in [1.165, 1.54) is 106 Å². The van der Waals surface area contributed by atoms with Crippen molar-refractivity contribution in [3.8, 4) is 11.5 Å². The van der Waals surface area contributed by atoms with E-state index in [4.69, 9.17) is 18.6 Å². The van der Waals surface area contributed by atoms with E-state index >= 15 is 0 Å². The summed E-state index contributed by atoms with van der Waals surface area (Å²) in [4.78, 5) is 12.5. The first-order chi connectivity index (χ1) is 31.6. The number of hydrogen-bond acceptors (Lipinski definition) is 10. The Morgan fingerprint density at radius 2 is 0.879 bits per heavy atom. The van der Waals surface area contributed by atoms with E-state index in [9.17, 15) is 16.8 Å². The van der Waals surface area contributed by atoms with Crippen molar-refractivity contribution >= 4 is 96.8 Å². The zero-order valence-corrected chi connectivity index (χ0v) is 39.6. The number of likely N-dealkylation sites (tertiary alicyclic amines) is 2. The van der Waals surface area contributed by atoms with Crippen molar-refractivity contribution in [3.63, 3.8) is 0 Å². The Hall–Kier alpha value is -5.62. The lowest BCUT2D eigenvalue weighted by atomic mass is 9.79. The van der Waals surface area contributed by atoms with Crippen LogP contribution in [0.4, 0.5) is 11.4 Å². The highest BCUT2D eigenvalue weighted by Gasteiger charge is 2.29. The number of methoxy groups -OCH3 is 2. The van der Waals surface area contributed by atoms with Crippen molar-refractivity contribution in [1.82, 2.24) is 19.8 Å². The summed E-state index contributed by atoms with van der Waals surface area (Å²) in [5.74, 6) is 3.51. The van der Waals surface area contributed by atoms with Crippen molar-refractivity contribution in [3.05, 3.63) is 97.1 Å². The van der Waals surface area contributed by atoms with Crippen LogP contribution in [-0.4, -0.2) is 125 Å². The van der Waals surface area contributed by atoms with Crippen LogP contribution in [0.5, 0.6) is 11.5 Å². The van der Waals surface area contributed by atoms with Crippen molar-refractivity contribution in [2.45, 2.75) is 25.7 Å². The number of nitrogens with one attached hydrogen (secondary N) is 4. The fourth-order valence-corrected chi connectivity index (χ4v) is 9.88. The Bertz CT molecular complexity index is 2980. The van der Waals surface area contributed by atoms with Crippen LogP contribution in [0.15, 0.2) is 97.1 Å². The molecule has 66 heavy (non-hydrogen) atoms. The van der Waals surface area contributed by atoms with E-state index in [2.05, 4.69) is 115 Å². The quantitative estimate of drug-likeness (QED) is 0.0676. The second-order valence-electron chi connectivity index (χ2n) is 17.6. The number of H-pyrrole nitrogens is 2. The summed E-state index contributed by atoms with van der Waals surface area (Å²) < 4.78 is 62.8. The Balaban J connectivity index is 0.000000538. The Morgan fingerprint density at radius 3 is 1.24 bits per heavy atom. The van der Waals surface area contributed by atoms with Crippen LogP contribution < -0.4 is 20.1 Å². The van der Waals surface area contributed by atoms with Gasteiger partial charge < -0.3 is 39.9 Å². The van der Waals surface area contributed by atoms with Gasteiger partial charge in [-0.3, -0.25) is 9.11 Å². The minimum absolute atomic E-state index is 0.715. The molecule has 6 N–H and O–H groups in total. The summed E-state index contributed by atoms with van der Waals surface area (Å²) in [6.07, 6.45) is 6.77. The molecular weight excluding hydrogens is 877 g/mol. The van der Waals surface area contributed by atoms with Gasteiger partial charge in [0.15, 0.2) is 0 Å². The van der Waals surface area contributed by atoms with Gasteiger partial charge >= 0.3 is 0 Å². The number of anilines is 2. The lowest BCUT2D eigenvalue weighted by Crippen LogP contribution is -2.42. The third-order valence-electron chi connectivity index (χ3n) is 13.0. The molecule has 0 radical (unpaired) electrons. The molecule has 0 amide bonds. The van der Waals surface area contributed by atoms with Crippen molar-refractivity contribution in [2.24, 2.45) is 11.8 Å². The normalized spacial score (nSPS) is 15.8. The van der Waals surface area contributed by atoms with Gasteiger partial charge in [-0.15, -0.1) is 0 Å². The molecule has 4 heterocycles. The number of piperidine rings is 2. The van der Waals surface area contributed by atoms with Gasteiger partial charge in [0.05, 0.1) is 26.7 Å². The number of nitrogens with zero attached hydrogens (tertiary/aromatic N) is 2. The predicted octanol–water partition coefficient (Wildman–Crippen LogP) is 9.24. The number of hydrogen-bond donors (Lipinski definition) is 6. The number of benzene rings is 6. The number of aromatic amines is 2. The van der Waals surface area contributed by atoms with Crippen molar-refractivity contribution in [1.29, 1.82) is 0 Å². The maximum atomic E-state index is 9.19. The second kappa shape index (κ2) is 20.1. The standard InChI is InChI=1S/C48H52N6O2.2CH4O3S/c1-55-37-9-13-43-41(29-37)47-39-27-35(7-3-33(39)5-11-45(47)51-43)49-19-25-53-21-15-31(16-22-53)32-17-23-54(24-18-32)26-20-50-36-8-4-34-6-12-46-48(40(34)28-36)42-30-38(56-2)10-14-44(42)52-46;2*1-5(2,3)4/h3-14,27-32,49-52H,15-26H2,1-2H3;2*1H3,(H,2,3,4). The van der Waals surface area contributed by atoms with Gasteiger partial charge in [0.25, 0.3) is 20.2 Å². The van der Waals surface area contributed by atoms with Gasteiger partial charge in [-0.25, -0.2) is 0 Å². The van der Waals surface area contributed by atoms with Crippen LogP contribution >= 0.6 is 0 Å². The number of fused-ring (bicyclic) bond motifs is 10. The number of rotatable bonds is 11. The molecule has 0 aliphatic carbocycles. The average molecular weight is 937 g/mol. The first-order valence-electron chi connectivity index (χ1n) is 22.4.